The molecule has 0 aromatic carbocycles. The van der Waals surface area contributed by atoms with E-state index in [9.17, 15) is 14.7 Å². The number of fused-ring (bicyclic) bond motifs is 1. The number of imidazole rings is 1. The molecule has 7 nitrogen and oxygen atoms in total. The molecule has 1 aliphatic heterocycles. The number of carbonyl (C=O) groups excluding carboxylic acids is 1. The quantitative estimate of drug-likeness (QED) is 0.897. The number of nitrogens with zero attached hydrogens (tertiary/aromatic N) is 3. The van der Waals surface area contributed by atoms with Gasteiger partial charge in [0.25, 0.3) is 0 Å². The number of rotatable bonds is 4. The molecule has 25 heavy (non-hydrogen) atoms. The van der Waals surface area contributed by atoms with E-state index in [1.54, 1.807) is 9.47 Å². The number of hydrogen-bond acceptors (Lipinski definition) is 4. The fourth-order valence-corrected chi connectivity index (χ4v) is 3.22. The van der Waals surface area contributed by atoms with Crippen molar-refractivity contribution >= 4 is 12.1 Å². The molecule has 1 aliphatic rings. The lowest BCUT2D eigenvalue weighted by Gasteiger charge is -2.30. The van der Waals surface area contributed by atoms with Crippen LogP contribution >= 0.6 is 0 Å². The van der Waals surface area contributed by atoms with Crippen LogP contribution in [0, 0.1) is 5.92 Å². The maximum absolute atomic E-state index is 12.3. The summed E-state index contributed by atoms with van der Waals surface area (Å²) in [6.45, 7) is 12.8. The summed E-state index contributed by atoms with van der Waals surface area (Å²) in [4.78, 5) is 30.2. The highest BCUT2D eigenvalue weighted by Gasteiger charge is 2.32. The standard InChI is InChI=1S/C18H29N3O4/c1-11(2)9-12(3)14-15(16(22)23)21-8-7-20(10-13(21)19-14)17(24)25-18(4,5)6/h11-12H,7-10H2,1-6H3,(H,22,23)/t12-/m0/s1. The maximum Gasteiger partial charge on any atom is 0.410 e. The molecular formula is C18H29N3O4. The Labute approximate surface area is 149 Å². The molecule has 0 fully saturated rings. The van der Waals surface area contributed by atoms with Crippen molar-refractivity contribution in [3.05, 3.63) is 17.2 Å². The Morgan fingerprint density at radius 1 is 1.24 bits per heavy atom. The third-order valence-electron chi connectivity index (χ3n) is 4.15. The Morgan fingerprint density at radius 3 is 2.40 bits per heavy atom. The van der Waals surface area contributed by atoms with Crippen LogP contribution in [0.1, 0.15) is 75.9 Å². The van der Waals surface area contributed by atoms with E-state index in [0.29, 0.717) is 30.5 Å². The third kappa shape index (κ3) is 4.52. The van der Waals surface area contributed by atoms with Crippen LogP contribution in [0.4, 0.5) is 4.79 Å². The number of carboxylic acid groups (broad SMARTS) is 1. The Bertz CT molecular complexity index is 658. The van der Waals surface area contributed by atoms with Crippen molar-refractivity contribution in [1.82, 2.24) is 14.5 Å². The van der Waals surface area contributed by atoms with E-state index >= 15 is 0 Å². The van der Waals surface area contributed by atoms with Crippen molar-refractivity contribution < 1.29 is 19.4 Å². The molecule has 140 valence electrons. The Kier molecular flexibility index (Phi) is 5.44. The highest BCUT2D eigenvalue weighted by Crippen LogP contribution is 2.29. The highest BCUT2D eigenvalue weighted by atomic mass is 16.6. The lowest BCUT2D eigenvalue weighted by atomic mass is 9.95. The fourth-order valence-electron chi connectivity index (χ4n) is 3.22. The molecule has 0 spiro atoms. The van der Waals surface area contributed by atoms with Gasteiger partial charge in [-0.2, -0.15) is 0 Å². The molecule has 0 unspecified atom stereocenters. The van der Waals surface area contributed by atoms with Crippen LogP contribution in [0.2, 0.25) is 0 Å². The minimum absolute atomic E-state index is 0.0548. The van der Waals surface area contributed by atoms with Gasteiger partial charge < -0.3 is 14.4 Å². The summed E-state index contributed by atoms with van der Waals surface area (Å²) in [5.41, 5.74) is 0.307. The highest BCUT2D eigenvalue weighted by molar-refractivity contribution is 5.87. The number of aromatic carboxylic acids is 1. The van der Waals surface area contributed by atoms with Crippen LogP contribution < -0.4 is 0 Å². The van der Waals surface area contributed by atoms with Gasteiger partial charge in [0.2, 0.25) is 0 Å². The van der Waals surface area contributed by atoms with E-state index in [0.717, 1.165) is 6.42 Å². The molecule has 1 aromatic heterocycles. The molecule has 0 saturated carbocycles. The zero-order chi connectivity index (χ0) is 18.9. The zero-order valence-corrected chi connectivity index (χ0v) is 16.0. The van der Waals surface area contributed by atoms with Crippen LogP contribution in [-0.2, 0) is 17.8 Å². The first kappa shape index (κ1) is 19.3. The van der Waals surface area contributed by atoms with Crippen LogP contribution in [0.25, 0.3) is 0 Å². The van der Waals surface area contributed by atoms with Crippen LogP contribution in [-0.4, -0.2) is 43.8 Å². The molecule has 1 amide bonds. The van der Waals surface area contributed by atoms with Gasteiger partial charge in [0.1, 0.15) is 11.4 Å². The van der Waals surface area contributed by atoms with Crippen molar-refractivity contribution in [3.63, 3.8) is 0 Å². The predicted octanol–water partition coefficient (Wildman–Crippen LogP) is 3.48. The normalized spacial score (nSPS) is 15.9. The van der Waals surface area contributed by atoms with E-state index in [-0.39, 0.29) is 18.2 Å². The second-order valence-electron chi connectivity index (χ2n) is 8.15. The molecule has 2 rings (SSSR count). The molecule has 7 heteroatoms. The van der Waals surface area contributed by atoms with E-state index in [2.05, 4.69) is 18.8 Å². The molecular weight excluding hydrogens is 322 g/mol. The first-order chi connectivity index (χ1) is 11.5. The first-order valence-corrected chi connectivity index (χ1v) is 8.80. The monoisotopic (exact) mass is 351 g/mol. The second kappa shape index (κ2) is 7.06. The zero-order valence-electron chi connectivity index (χ0n) is 16.0. The van der Waals surface area contributed by atoms with Crippen LogP contribution in [0.3, 0.4) is 0 Å². The average molecular weight is 351 g/mol. The first-order valence-electron chi connectivity index (χ1n) is 8.80. The summed E-state index contributed by atoms with van der Waals surface area (Å²) in [6, 6.07) is 0. The third-order valence-corrected chi connectivity index (χ3v) is 4.15. The van der Waals surface area contributed by atoms with Gasteiger partial charge in [-0.05, 0) is 33.1 Å². The molecule has 0 saturated heterocycles. The van der Waals surface area contributed by atoms with Crippen LogP contribution in [0.5, 0.6) is 0 Å². The molecule has 1 atom stereocenters. The molecule has 0 aliphatic carbocycles. The fraction of sp³-hybridized carbons (Fsp3) is 0.722. The van der Waals surface area contributed by atoms with Crippen molar-refractivity contribution in [2.75, 3.05) is 6.54 Å². The average Bonchev–Trinajstić information content (AvgIpc) is 2.83. The number of hydrogen-bond donors (Lipinski definition) is 1. The van der Waals surface area contributed by atoms with Gasteiger partial charge in [0.15, 0.2) is 5.69 Å². The van der Waals surface area contributed by atoms with Gasteiger partial charge >= 0.3 is 12.1 Å². The smallest absolute Gasteiger partial charge is 0.410 e. The van der Waals surface area contributed by atoms with Crippen molar-refractivity contribution in [2.45, 2.75) is 72.6 Å². The Hall–Kier alpha value is -2.05. The topological polar surface area (TPSA) is 84.7 Å². The van der Waals surface area contributed by atoms with Crippen molar-refractivity contribution in [3.8, 4) is 0 Å². The minimum Gasteiger partial charge on any atom is -0.477 e. The van der Waals surface area contributed by atoms with Crippen molar-refractivity contribution in [2.24, 2.45) is 5.92 Å². The molecule has 1 N–H and O–H groups in total. The van der Waals surface area contributed by atoms with Gasteiger partial charge in [0, 0.05) is 19.0 Å². The number of aromatic nitrogens is 2. The van der Waals surface area contributed by atoms with E-state index in [4.69, 9.17) is 4.74 Å². The lowest BCUT2D eigenvalue weighted by molar-refractivity contribution is 0.0194. The summed E-state index contributed by atoms with van der Waals surface area (Å²) in [7, 11) is 0. The largest absolute Gasteiger partial charge is 0.477 e. The van der Waals surface area contributed by atoms with Gasteiger partial charge in [-0.3, -0.25) is 4.90 Å². The maximum atomic E-state index is 12.3. The second-order valence-corrected chi connectivity index (χ2v) is 8.15. The van der Waals surface area contributed by atoms with Crippen molar-refractivity contribution in [1.29, 1.82) is 0 Å². The summed E-state index contributed by atoms with van der Waals surface area (Å²) in [6.07, 6.45) is 0.474. The lowest BCUT2D eigenvalue weighted by Crippen LogP contribution is -2.42. The molecule has 0 radical (unpaired) electrons. The summed E-state index contributed by atoms with van der Waals surface area (Å²) < 4.78 is 7.14. The van der Waals surface area contributed by atoms with Gasteiger partial charge in [-0.15, -0.1) is 0 Å². The number of ether oxygens (including phenoxy) is 1. The number of amides is 1. The van der Waals surface area contributed by atoms with Gasteiger partial charge in [-0.25, -0.2) is 14.6 Å². The molecule has 2 heterocycles. The molecule has 1 aromatic rings. The van der Waals surface area contributed by atoms with Crippen LogP contribution in [0.15, 0.2) is 0 Å². The van der Waals surface area contributed by atoms with E-state index in [1.165, 1.54) is 0 Å². The molecule has 0 bridgehead atoms. The number of carbonyl (C=O) groups is 2. The predicted molar refractivity (Wildman–Crippen MR) is 93.7 cm³/mol. The Morgan fingerprint density at radius 2 is 1.88 bits per heavy atom. The summed E-state index contributed by atoms with van der Waals surface area (Å²) in [5, 5.41) is 9.66. The SMILES string of the molecule is CC(C)C[C@H](C)c1nc2n(c1C(=O)O)CCN(C(=O)OC(C)(C)C)C2. The number of carboxylic acids is 1. The summed E-state index contributed by atoms with van der Waals surface area (Å²) in [5.74, 6) is 0.156. The van der Waals surface area contributed by atoms with E-state index < -0.39 is 17.7 Å². The van der Waals surface area contributed by atoms with Gasteiger partial charge in [-0.1, -0.05) is 20.8 Å². The minimum atomic E-state index is -0.963. The summed E-state index contributed by atoms with van der Waals surface area (Å²) >= 11 is 0. The van der Waals surface area contributed by atoms with Gasteiger partial charge in [0.05, 0.1) is 12.2 Å². The van der Waals surface area contributed by atoms with E-state index in [1.807, 2.05) is 27.7 Å². The Balaban J connectivity index is 2.28.